The molecule has 3 rings (SSSR count). The van der Waals surface area contributed by atoms with Crippen LogP contribution in [0.25, 0.3) is 21.9 Å². The van der Waals surface area contributed by atoms with Crippen molar-refractivity contribution in [2.24, 2.45) is 6.66 Å². The van der Waals surface area contributed by atoms with Crippen molar-refractivity contribution >= 4 is 72.3 Å². The Balaban J connectivity index is 2.62. The molecule has 0 saturated heterocycles. The minimum absolute atomic E-state index is 0.410. The lowest BCUT2D eigenvalue weighted by Crippen LogP contribution is -2.05. The molecular weight excluding hydrogens is 372 g/mol. The van der Waals surface area contributed by atoms with Crippen LogP contribution in [0.4, 0.5) is 0 Å². The third kappa shape index (κ3) is 3.45. The van der Waals surface area contributed by atoms with Crippen LogP contribution < -0.4 is 15.9 Å². The molecule has 2 aromatic carbocycles. The Morgan fingerprint density at radius 3 is 2.25 bits per heavy atom. The van der Waals surface area contributed by atoms with E-state index in [4.69, 9.17) is 8.39 Å². The summed E-state index contributed by atoms with van der Waals surface area (Å²) in [5, 5.41) is 6.25. The lowest BCUT2D eigenvalue weighted by Gasteiger charge is -2.10. The average molecular weight is 396 g/mol. The van der Waals surface area contributed by atoms with Gasteiger partial charge in [-0.2, -0.15) is 0 Å². The molecule has 128 valence electrons. The second-order valence-corrected chi connectivity index (χ2v) is 10.2. The van der Waals surface area contributed by atoms with Crippen LogP contribution in [0.2, 0.25) is 0 Å². The molecule has 4 atom stereocenters. The lowest BCUT2D eigenvalue weighted by molar-refractivity contribution is 0.639. The predicted octanol–water partition coefficient (Wildman–Crippen LogP) is 5.32. The molecule has 4 unspecified atom stereocenters. The van der Waals surface area contributed by atoms with Gasteiger partial charge in [-0.1, -0.05) is 31.0 Å². The van der Waals surface area contributed by atoms with Crippen molar-refractivity contribution in [3.63, 3.8) is 0 Å². The van der Waals surface area contributed by atoms with Gasteiger partial charge in [0, 0.05) is 22.7 Å². The van der Waals surface area contributed by atoms with Crippen LogP contribution in [0.1, 0.15) is 25.3 Å². The number of rotatable bonds is 3. The largest absolute Gasteiger partial charge is 0.419 e. The standard InChI is InChI=1S/C18H24O2P4/c1-10(2)13-6-11(21)7-14-15-8-12(22-3)9-16(23-4)18(15)20-24(5)19-17(13)14/h6-10,22-23H,21H2,1-5H3. The number of hydrogen-bond acceptors (Lipinski definition) is 2. The van der Waals surface area contributed by atoms with Crippen molar-refractivity contribution < 1.29 is 8.39 Å². The fourth-order valence-electron chi connectivity index (χ4n) is 2.94. The quantitative estimate of drug-likeness (QED) is 0.561. The van der Waals surface area contributed by atoms with E-state index in [9.17, 15) is 0 Å². The summed E-state index contributed by atoms with van der Waals surface area (Å²) in [6.45, 7) is 10.9. The fourth-order valence-corrected chi connectivity index (χ4v) is 5.76. The average Bonchev–Trinajstić information content (AvgIpc) is 2.69. The first-order chi connectivity index (χ1) is 11.4. The smallest absolute Gasteiger partial charge is 0.213 e. The third-order valence-electron chi connectivity index (χ3n) is 4.14. The van der Waals surface area contributed by atoms with Gasteiger partial charge in [0.05, 0.1) is 0 Å². The van der Waals surface area contributed by atoms with Gasteiger partial charge in [-0.25, -0.2) is 0 Å². The highest BCUT2D eigenvalue weighted by atomic mass is 31.1. The molecule has 0 bridgehead atoms. The Morgan fingerprint density at radius 2 is 1.62 bits per heavy atom. The van der Waals surface area contributed by atoms with Crippen molar-refractivity contribution in [3.8, 4) is 0 Å². The maximum absolute atomic E-state index is 6.30. The van der Waals surface area contributed by atoms with Gasteiger partial charge in [-0.15, -0.1) is 9.24 Å². The SMILES string of the molecule is CPc1cc(PC)c2op(C)oc3c(C(C)C)cc(P)cc3c2c1. The molecule has 0 radical (unpaired) electrons. The molecule has 0 aliphatic carbocycles. The van der Waals surface area contributed by atoms with E-state index in [-0.39, 0.29) is 0 Å². The van der Waals surface area contributed by atoms with Crippen molar-refractivity contribution in [1.29, 1.82) is 0 Å². The predicted molar refractivity (Wildman–Crippen MR) is 118 cm³/mol. The number of benzene rings is 2. The molecule has 1 aromatic heterocycles. The van der Waals surface area contributed by atoms with Gasteiger partial charge < -0.3 is 8.39 Å². The first-order valence-corrected chi connectivity index (χ1v) is 13.2. The van der Waals surface area contributed by atoms with Crippen LogP contribution >= 0.6 is 34.4 Å². The van der Waals surface area contributed by atoms with Crippen LogP contribution in [0.3, 0.4) is 0 Å². The first kappa shape index (κ1) is 18.4. The topological polar surface area (TPSA) is 26.3 Å². The molecule has 0 saturated carbocycles. The van der Waals surface area contributed by atoms with Crippen LogP contribution in [0.5, 0.6) is 0 Å². The van der Waals surface area contributed by atoms with Gasteiger partial charge in [-0.3, -0.25) is 0 Å². The first-order valence-electron chi connectivity index (χ1n) is 8.01. The van der Waals surface area contributed by atoms with E-state index in [2.05, 4.69) is 60.7 Å². The van der Waals surface area contributed by atoms with Crippen LogP contribution in [0, 0.1) is 0 Å². The van der Waals surface area contributed by atoms with Crippen molar-refractivity contribution in [2.45, 2.75) is 19.8 Å². The minimum atomic E-state index is -0.978. The molecular formula is C18H24O2P4. The lowest BCUT2D eigenvalue weighted by atomic mass is 9.99. The van der Waals surface area contributed by atoms with Gasteiger partial charge in [-0.05, 0) is 59.7 Å². The summed E-state index contributed by atoms with van der Waals surface area (Å²) in [6.07, 6.45) is 0. The summed E-state index contributed by atoms with van der Waals surface area (Å²) in [5.74, 6) is 0.410. The highest BCUT2D eigenvalue weighted by Gasteiger charge is 2.14. The molecule has 0 aliphatic rings. The summed E-state index contributed by atoms with van der Waals surface area (Å²) in [5.41, 5.74) is 3.29. The molecule has 0 fully saturated rings. The summed E-state index contributed by atoms with van der Waals surface area (Å²) in [7, 11) is 3.35. The van der Waals surface area contributed by atoms with E-state index in [1.165, 1.54) is 32.2 Å². The van der Waals surface area contributed by atoms with E-state index in [0.717, 1.165) is 19.7 Å². The van der Waals surface area contributed by atoms with E-state index in [1.54, 1.807) is 0 Å². The second-order valence-electron chi connectivity index (χ2n) is 6.16. The molecule has 24 heavy (non-hydrogen) atoms. The molecule has 0 spiro atoms. The Kier molecular flexibility index (Phi) is 5.74. The van der Waals surface area contributed by atoms with Crippen molar-refractivity contribution in [1.82, 2.24) is 0 Å². The number of fused-ring (bicyclic) bond motifs is 3. The highest BCUT2D eigenvalue weighted by Crippen LogP contribution is 2.36. The molecule has 3 aromatic rings. The van der Waals surface area contributed by atoms with Crippen molar-refractivity contribution in [2.75, 3.05) is 13.3 Å². The third-order valence-corrected chi connectivity index (χ3v) is 7.13. The highest BCUT2D eigenvalue weighted by molar-refractivity contribution is 7.48. The maximum Gasteiger partial charge on any atom is 0.213 e. The maximum atomic E-state index is 6.30. The second kappa shape index (κ2) is 7.48. The zero-order chi connectivity index (χ0) is 17.4. The molecule has 0 amide bonds. The van der Waals surface area contributed by atoms with Crippen LogP contribution in [-0.2, 0) is 6.66 Å². The number of aryl methyl sites for hydroxylation is 1. The fraction of sp³-hybridized carbons (Fsp3) is 0.333. The molecule has 6 heteroatoms. The van der Waals surface area contributed by atoms with E-state index < -0.39 is 8.01 Å². The van der Waals surface area contributed by atoms with Crippen LogP contribution in [-0.4, -0.2) is 13.3 Å². The Morgan fingerprint density at radius 1 is 0.958 bits per heavy atom. The normalized spacial score (nSPS) is 13.4. The summed E-state index contributed by atoms with van der Waals surface area (Å²) >= 11 is 0. The van der Waals surface area contributed by atoms with Gasteiger partial charge in [0.1, 0.15) is 11.2 Å². The summed E-state index contributed by atoms with van der Waals surface area (Å²) < 4.78 is 12.6. The van der Waals surface area contributed by atoms with E-state index in [0.29, 0.717) is 14.5 Å². The molecule has 0 N–H and O–H groups in total. The zero-order valence-corrected chi connectivity index (χ0v) is 18.8. The van der Waals surface area contributed by atoms with E-state index in [1.807, 2.05) is 6.66 Å². The zero-order valence-electron chi connectivity index (χ0n) is 14.7. The summed E-state index contributed by atoms with van der Waals surface area (Å²) in [4.78, 5) is 0. The monoisotopic (exact) mass is 396 g/mol. The molecule has 1 heterocycles. The Bertz CT molecular complexity index is 945. The summed E-state index contributed by atoms with van der Waals surface area (Å²) in [6, 6.07) is 9.03. The van der Waals surface area contributed by atoms with E-state index >= 15 is 0 Å². The van der Waals surface area contributed by atoms with Gasteiger partial charge in [0.25, 0.3) is 0 Å². The van der Waals surface area contributed by atoms with Gasteiger partial charge >= 0.3 is 0 Å². The Hall–Kier alpha value is -0.370. The minimum Gasteiger partial charge on any atom is -0.419 e. The van der Waals surface area contributed by atoms with Crippen molar-refractivity contribution in [3.05, 3.63) is 29.8 Å². The molecule has 0 aliphatic heterocycles. The Labute approximate surface area is 150 Å². The number of hydrogen-bond donors (Lipinski definition) is 0. The molecule has 2 nitrogen and oxygen atoms in total. The van der Waals surface area contributed by atoms with Gasteiger partial charge in [0.2, 0.25) is 8.01 Å². The van der Waals surface area contributed by atoms with Gasteiger partial charge in [0.15, 0.2) is 0 Å². The van der Waals surface area contributed by atoms with Crippen LogP contribution in [0.15, 0.2) is 32.7 Å².